The number of oxime groups is 1. The maximum absolute atomic E-state index is 13.4. The van der Waals surface area contributed by atoms with Crippen LogP contribution in [0.25, 0.3) is 0 Å². The number of nitrogens with zero attached hydrogens (tertiary/aromatic N) is 5. The summed E-state index contributed by atoms with van der Waals surface area (Å²) in [6.45, 7) is 1.81. The zero-order valence-electron chi connectivity index (χ0n) is 22.7. The topological polar surface area (TPSA) is 251 Å². The van der Waals surface area contributed by atoms with Gasteiger partial charge in [0.2, 0.25) is 6.10 Å². The number of aromatic hydroxyl groups is 2. The highest BCUT2D eigenvalue weighted by molar-refractivity contribution is 8.03. The number of nitrogens with two attached hydrogens (primary N) is 1. The molecule has 20 heteroatoms. The minimum atomic E-state index is -1.81. The fourth-order valence-corrected chi connectivity index (χ4v) is 7.58. The number of nitrogens with one attached hydrogen (secondary N) is 1. The van der Waals surface area contributed by atoms with Gasteiger partial charge in [0.15, 0.2) is 26.7 Å². The van der Waals surface area contributed by atoms with Crippen LogP contribution in [0.15, 0.2) is 55.8 Å². The first-order valence-corrected chi connectivity index (χ1v) is 16.1. The standard InChI is InChI=1S/C25H21N7O9S4/c1-9-29-30-25(45-9)42-5-4-11-7-43-21-16(20(36)32(21)17(11)22(37)38)28-19(35)15(12-8-44-24(26)27-12)31-41-18(23(39)40)10-2-3-13(33)14(34)6-10/h2-6,8,16,18,21,33-34H,7H2,1H3,(H2,26,27)(H,28,35)(H,37,38)(H,39,40)/t16-,18-,21+/m1/s1. The summed E-state index contributed by atoms with van der Waals surface area (Å²) in [4.78, 5) is 61.0. The van der Waals surface area contributed by atoms with Gasteiger partial charge in [-0.25, -0.2) is 14.6 Å². The van der Waals surface area contributed by atoms with E-state index in [2.05, 4.69) is 25.7 Å². The van der Waals surface area contributed by atoms with Crippen LogP contribution in [-0.4, -0.2) is 87.1 Å². The molecule has 0 saturated carbocycles. The van der Waals surface area contributed by atoms with Gasteiger partial charge in [0.05, 0.1) is 0 Å². The summed E-state index contributed by atoms with van der Waals surface area (Å²) in [5.74, 6) is -5.36. The van der Waals surface area contributed by atoms with Crippen LogP contribution in [0.3, 0.4) is 0 Å². The number of phenolic OH excluding ortho intramolecular Hbond substituents is 2. The van der Waals surface area contributed by atoms with Gasteiger partial charge in [-0.2, -0.15) is 0 Å². The van der Waals surface area contributed by atoms with Gasteiger partial charge in [-0.15, -0.1) is 33.3 Å². The van der Waals surface area contributed by atoms with E-state index in [9.17, 15) is 39.6 Å². The predicted molar refractivity (Wildman–Crippen MR) is 164 cm³/mol. The van der Waals surface area contributed by atoms with Crippen LogP contribution < -0.4 is 11.1 Å². The number of allylic oxidation sites excluding steroid dienone is 1. The maximum Gasteiger partial charge on any atom is 0.352 e. The molecule has 3 aromatic rings. The van der Waals surface area contributed by atoms with Crippen molar-refractivity contribution in [2.45, 2.75) is 28.8 Å². The molecule has 234 valence electrons. The van der Waals surface area contributed by atoms with Crippen molar-refractivity contribution in [3.8, 4) is 11.5 Å². The van der Waals surface area contributed by atoms with Crippen molar-refractivity contribution in [2.24, 2.45) is 5.16 Å². The number of hydrogen-bond donors (Lipinski definition) is 6. The minimum Gasteiger partial charge on any atom is -0.504 e. The molecule has 1 fully saturated rings. The molecule has 2 aliphatic rings. The first-order valence-electron chi connectivity index (χ1n) is 12.5. The van der Waals surface area contributed by atoms with Gasteiger partial charge in [-0.05, 0) is 36.1 Å². The number of carboxylic acid groups (broad SMARTS) is 2. The van der Waals surface area contributed by atoms with Gasteiger partial charge in [-0.1, -0.05) is 34.3 Å². The number of thioether (sulfide) groups is 2. The second-order valence-electron chi connectivity index (χ2n) is 9.13. The molecule has 2 amide bonds. The van der Waals surface area contributed by atoms with Gasteiger partial charge in [-0.3, -0.25) is 14.5 Å². The third kappa shape index (κ3) is 6.72. The number of carbonyl (C=O) groups is 4. The number of carbonyl (C=O) groups excluding carboxylic acids is 2. The number of aromatic nitrogens is 3. The number of phenols is 2. The Labute approximate surface area is 269 Å². The lowest BCUT2D eigenvalue weighted by atomic mass is 10.0. The van der Waals surface area contributed by atoms with Gasteiger partial charge in [0.1, 0.15) is 27.8 Å². The van der Waals surface area contributed by atoms with E-state index < -0.39 is 58.5 Å². The van der Waals surface area contributed by atoms with Crippen molar-refractivity contribution in [3.05, 3.63) is 62.6 Å². The molecule has 0 aliphatic carbocycles. The van der Waals surface area contributed by atoms with Crippen LogP contribution >= 0.6 is 46.2 Å². The molecule has 45 heavy (non-hydrogen) atoms. The fourth-order valence-electron chi connectivity index (χ4n) is 4.14. The second-order valence-corrected chi connectivity index (χ2v) is 13.5. The molecule has 16 nitrogen and oxygen atoms in total. The van der Waals surface area contributed by atoms with Gasteiger partial charge >= 0.3 is 11.9 Å². The zero-order chi connectivity index (χ0) is 32.4. The number of aliphatic carboxylic acids is 2. The van der Waals surface area contributed by atoms with E-state index in [0.29, 0.717) is 9.91 Å². The number of β-lactam (4-membered cyclic amide) rings is 1. The van der Waals surface area contributed by atoms with E-state index in [1.54, 1.807) is 11.5 Å². The Balaban J connectivity index is 1.35. The van der Waals surface area contributed by atoms with Crippen LogP contribution in [0.5, 0.6) is 11.5 Å². The number of aryl methyl sites for hydroxylation is 1. The molecule has 1 aromatic carbocycles. The molecular weight excluding hydrogens is 671 g/mol. The number of nitrogen functional groups attached to an aromatic ring is 1. The molecular formula is C25H21N7O9S4. The summed E-state index contributed by atoms with van der Waals surface area (Å²) in [5.41, 5.74) is 5.21. The summed E-state index contributed by atoms with van der Waals surface area (Å²) in [7, 11) is 0. The number of rotatable bonds is 11. The first-order chi connectivity index (χ1) is 21.4. The Kier molecular flexibility index (Phi) is 9.27. The van der Waals surface area contributed by atoms with Crippen molar-refractivity contribution in [1.82, 2.24) is 25.4 Å². The number of anilines is 1. The average Bonchev–Trinajstić information content (AvgIpc) is 3.62. The number of benzene rings is 1. The lowest BCUT2D eigenvalue weighted by Gasteiger charge is -2.49. The van der Waals surface area contributed by atoms with E-state index in [1.165, 1.54) is 46.3 Å². The fraction of sp³-hybridized carbons (Fsp3) is 0.200. The molecule has 0 radical (unpaired) electrons. The smallest absolute Gasteiger partial charge is 0.352 e. The second kappa shape index (κ2) is 13.1. The number of carboxylic acids is 2. The highest BCUT2D eigenvalue weighted by Crippen LogP contribution is 2.41. The molecule has 3 atom stereocenters. The van der Waals surface area contributed by atoms with E-state index in [0.717, 1.165) is 33.4 Å². The SMILES string of the molecule is Cc1nnc(SC=CC2=C(C(=O)O)N3C(=O)[C@@H](NC(=O)C(=NO[C@@H](C(=O)O)c4ccc(O)c(O)c4)c4csc(N)n4)[C@@H]3SC2)s1. The molecule has 4 heterocycles. The Bertz CT molecular complexity index is 1790. The Morgan fingerprint density at radius 3 is 2.64 bits per heavy atom. The van der Waals surface area contributed by atoms with Crippen LogP contribution in [0.2, 0.25) is 0 Å². The lowest BCUT2D eigenvalue weighted by molar-refractivity contribution is -0.151. The zero-order valence-corrected chi connectivity index (χ0v) is 25.9. The van der Waals surface area contributed by atoms with Crippen molar-refractivity contribution in [1.29, 1.82) is 0 Å². The summed E-state index contributed by atoms with van der Waals surface area (Å²) < 4.78 is 0.671. The normalized spacial score (nSPS) is 18.8. The van der Waals surface area contributed by atoms with Gasteiger partial charge in [0, 0.05) is 16.7 Å². The van der Waals surface area contributed by atoms with Crippen molar-refractivity contribution in [3.63, 3.8) is 0 Å². The molecule has 5 rings (SSSR count). The number of fused-ring (bicyclic) bond motifs is 1. The van der Waals surface area contributed by atoms with E-state index >= 15 is 0 Å². The molecule has 2 aromatic heterocycles. The molecule has 0 spiro atoms. The highest BCUT2D eigenvalue weighted by atomic mass is 32.2. The molecule has 1 saturated heterocycles. The Morgan fingerprint density at radius 1 is 1.24 bits per heavy atom. The monoisotopic (exact) mass is 691 g/mol. The Morgan fingerprint density at radius 2 is 2.02 bits per heavy atom. The molecule has 0 unspecified atom stereocenters. The summed E-state index contributed by atoms with van der Waals surface area (Å²) in [6, 6.07) is 2.04. The number of hydrogen-bond acceptors (Lipinski definition) is 16. The third-order valence-electron chi connectivity index (χ3n) is 6.19. The maximum atomic E-state index is 13.4. The largest absolute Gasteiger partial charge is 0.504 e. The molecule has 7 N–H and O–H groups in total. The minimum absolute atomic E-state index is 0.0636. The predicted octanol–water partition coefficient (Wildman–Crippen LogP) is 1.89. The highest BCUT2D eigenvalue weighted by Gasteiger charge is 2.54. The van der Waals surface area contributed by atoms with Crippen LogP contribution in [0.1, 0.15) is 22.4 Å². The van der Waals surface area contributed by atoms with Crippen LogP contribution in [0.4, 0.5) is 5.13 Å². The third-order valence-corrected chi connectivity index (χ3v) is 9.89. The van der Waals surface area contributed by atoms with E-state index in [4.69, 9.17) is 10.6 Å². The van der Waals surface area contributed by atoms with Crippen LogP contribution in [0, 0.1) is 6.92 Å². The van der Waals surface area contributed by atoms with Crippen LogP contribution in [-0.2, 0) is 24.0 Å². The number of thiazole rings is 1. The lowest BCUT2D eigenvalue weighted by Crippen LogP contribution is -2.71. The average molecular weight is 692 g/mol. The quantitative estimate of drug-likeness (QED) is 0.0552. The van der Waals surface area contributed by atoms with Crippen molar-refractivity contribution < 1.29 is 44.4 Å². The Hall–Kier alpha value is -4.66. The van der Waals surface area contributed by atoms with Crippen molar-refractivity contribution in [2.75, 3.05) is 11.5 Å². The van der Waals surface area contributed by atoms with E-state index in [-0.39, 0.29) is 27.8 Å². The van der Waals surface area contributed by atoms with Crippen molar-refractivity contribution >= 4 is 80.8 Å². The summed E-state index contributed by atoms with van der Waals surface area (Å²) >= 11 is 4.84. The van der Waals surface area contributed by atoms with E-state index in [1.807, 2.05) is 6.92 Å². The summed E-state index contributed by atoms with van der Waals surface area (Å²) in [6.07, 6.45) is -0.219. The van der Waals surface area contributed by atoms with Gasteiger partial charge < -0.3 is 36.3 Å². The summed E-state index contributed by atoms with van der Waals surface area (Å²) in [5, 5.41) is 56.2. The number of amides is 2. The molecule has 2 aliphatic heterocycles. The molecule has 0 bridgehead atoms. The van der Waals surface area contributed by atoms with Gasteiger partial charge in [0.25, 0.3) is 11.8 Å². The first kappa shape index (κ1) is 31.8.